The molecule has 0 bridgehead atoms. The summed E-state index contributed by atoms with van der Waals surface area (Å²) < 4.78 is 10.9. The van der Waals surface area contributed by atoms with Gasteiger partial charge in [0.1, 0.15) is 17.3 Å². The van der Waals surface area contributed by atoms with Gasteiger partial charge in [0.25, 0.3) is 5.91 Å². The largest absolute Gasteiger partial charge is 0.497 e. The van der Waals surface area contributed by atoms with Crippen LogP contribution in [0, 0.1) is 6.92 Å². The number of aromatic nitrogens is 3. The highest BCUT2D eigenvalue weighted by Gasteiger charge is 2.16. The quantitative estimate of drug-likeness (QED) is 0.337. The Morgan fingerprint density at radius 1 is 1.06 bits per heavy atom. The van der Waals surface area contributed by atoms with E-state index >= 15 is 0 Å². The van der Waals surface area contributed by atoms with Crippen molar-refractivity contribution < 1.29 is 13.9 Å². The van der Waals surface area contributed by atoms with E-state index in [1.165, 1.54) is 0 Å². The molecule has 2 N–H and O–H groups in total. The second kappa shape index (κ2) is 9.64. The number of aryl methyl sites for hydroxylation is 1. The molecule has 3 aromatic heterocycles. The number of hydrogen-bond acceptors (Lipinski definition) is 7. The van der Waals surface area contributed by atoms with Crippen molar-refractivity contribution in [2.45, 2.75) is 13.5 Å². The molecule has 3 heterocycles. The molecular formula is C27H23N5O3. The van der Waals surface area contributed by atoms with Gasteiger partial charge in [0.15, 0.2) is 5.82 Å². The van der Waals surface area contributed by atoms with Crippen molar-refractivity contribution in [3.8, 4) is 17.1 Å². The average Bonchev–Trinajstić information content (AvgIpc) is 3.32. The van der Waals surface area contributed by atoms with Crippen molar-refractivity contribution in [2.24, 2.45) is 0 Å². The van der Waals surface area contributed by atoms with Gasteiger partial charge in [-0.05, 0) is 61.0 Å². The van der Waals surface area contributed by atoms with Crippen LogP contribution >= 0.6 is 0 Å². The maximum Gasteiger partial charge on any atom is 0.253 e. The van der Waals surface area contributed by atoms with Crippen LogP contribution in [0.5, 0.6) is 5.75 Å². The molecule has 174 valence electrons. The predicted octanol–water partition coefficient (Wildman–Crippen LogP) is 5.28. The van der Waals surface area contributed by atoms with Crippen molar-refractivity contribution in [3.05, 3.63) is 96.2 Å². The van der Waals surface area contributed by atoms with Crippen molar-refractivity contribution in [1.29, 1.82) is 0 Å². The van der Waals surface area contributed by atoms with Crippen molar-refractivity contribution in [2.75, 3.05) is 12.4 Å². The summed E-state index contributed by atoms with van der Waals surface area (Å²) in [6.07, 6.45) is 5.03. The van der Waals surface area contributed by atoms with Gasteiger partial charge in [-0.2, -0.15) is 0 Å². The first-order valence-corrected chi connectivity index (χ1v) is 11.1. The molecule has 0 saturated carbocycles. The zero-order valence-electron chi connectivity index (χ0n) is 19.3. The third-order valence-electron chi connectivity index (χ3n) is 5.63. The molecule has 8 nitrogen and oxygen atoms in total. The minimum Gasteiger partial charge on any atom is -0.497 e. The Labute approximate surface area is 202 Å². The summed E-state index contributed by atoms with van der Waals surface area (Å²) in [4.78, 5) is 26.7. The number of carbonyl (C=O) groups is 1. The Bertz CT molecular complexity index is 1500. The van der Waals surface area contributed by atoms with Crippen LogP contribution < -0.4 is 15.4 Å². The molecule has 2 aromatic carbocycles. The van der Waals surface area contributed by atoms with Crippen LogP contribution in [-0.2, 0) is 6.54 Å². The Hall–Kier alpha value is -4.72. The highest BCUT2D eigenvalue weighted by atomic mass is 16.5. The zero-order chi connectivity index (χ0) is 24.2. The van der Waals surface area contributed by atoms with Gasteiger partial charge in [-0.25, -0.2) is 9.97 Å². The van der Waals surface area contributed by atoms with Crippen LogP contribution in [0.25, 0.3) is 22.3 Å². The number of ether oxygens (including phenoxy) is 1. The maximum absolute atomic E-state index is 13.1. The number of anilines is 2. The first-order valence-electron chi connectivity index (χ1n) is 11.1. The number of methoxy groups -OCH3 is 1. The number of amides is 1. The zero-order valence-corrected chi connectivity index (χ0v) is 19.3. The molecule has 0 saturated heterocycles. The molecule has 0 fully saturated rings. The van der Waals surface area contributed by atoms with E-state index in [-0.39, 0.29) is 5.91 Å². The van der Waals surface area contributed by atoms with Gasteiger partial charge in [-0.1, -0.05) is 12.1 Å². The van der Waals surface area contributed by atoms with E-state index in [0.717, 1.165) is 27.8 Å². The Kier molecular flexibility index (Phi) is 6.09. The number of benzene rings is 2. The number of pyridine rings is 1. The molecular weight excluding hydrogens is 442 g/mol. The van der Waals surface area contributed by atoms with E-state index < -0.39 is 0 Å². The smallest absolute Gasteiger partial charge is 0.253 e. The van der Waals surface area contributed by atoms with Crippen LogP contribution in [0.2, 0.25) is 0 Å². The Morgan fingerprint density at radius 2 is 1.94 bits per heavy atom. The fourth-order valence-electron chi connectivity index (χ4n) is 3.71. The molecule has 35 heavy (non-hydrogen) atoms. The molecule has 8 heteroatoms. The van der Waals surface area contributed by atoms with Crippen LogP contribution in [0.4, 0.5) is 11.5 Å². The molecule has 1 amide bonds. The van der Waals surface area contributed by atoms with Gasteiger partial charge >= 0.3 is 0 Å². The topological polar surface area (TPSA) is 102 Å². The van der Waals surface area contributed by atoms with Crippen LogP contribution in [0.3, 0.4) is 0 Å². The lowest BCUT2D eigenvalue weighted by molar-refractivity contribution is 0.0949. The number of fused-ring (bicyclic) bond motifs is 1. The molecule has 0 unspecified atom stereocenters. The van der Waals surface area contributed by atoms with Crippen molar-refractivity contribution >= 4 is 28.3 Å². The van der Waals surface area contributed by atoms with Gasteiger partial charge in [-0.3, -0.25) is 9.78 Å². The highest BCUT2D eigenvalue weighted by Crippen LogP contribution is 2.31. The standard InChI is InChI=1S/C27H23N5O3/c1-17-11-13-35-24(17)16-29-27(33)20-7-3-4-8-22(20)31-26-21-14-19(34-2)9-10-23(21)30-25(32-26)18-6-5-12-28-15-18/h3-15H,16H2,1-2H3,(H,29,33)(H,30,31,32). The number of furan rings is 1. The molecule has 0 aliphatic rings. The van der Waals surface area contributed by atoms with E-state index in [0.29, 0.717) is 35.2 Å². The molecule has 5 rings (SSSR count). The van der Waals surface area contributed by atoms with Gasteiger partial charge < -0.3 is 19.8 Å². The lowest BCUT2D eigenvalue weighted by atomic mass is 10.1. The fourth-order valence-corrected chi connectivity index (χ4v) is 3.71. The predicted molar refractivity (Wildman–Crippen MR) is 134 cm³/mol. The summed E-state index contributed by atoms with van der Waals surface area (Å²) in [6.45, 7) is 2.24. The molecule has 0 atom stereocenters. The number of nitrogens with one attached hydrogen (secondary N) is 2. The van der Waals surface area contributed by atoms with E-state index in [1.54, 1.807) is 31.8 Å². The van der Waals surface area contributed by atoms with E-state index in [9.17, 15) is 4.79 Å². The average molecular weight is 466 g/mol. The van der Waals surface area contributed by atoms with Crippen molar-refractivity contribution in [1.82, 2.24) is 20.3 Å². The number of carbonyl (C=O) groups excluding carboxylic acids is 1. The van der Waals surface area contributed by atoms with Crippen molar-refractivity contribution in [3.63, 3.8) is 0 Å². The lowest BCUT2D eigenvalue weighted by Crippen LogP contribution is -2.23. The van der Waals surface area contributed by atoms with Gasteiger partial charge in [-0.15, -0.1) is 0 Å². The number of rotatable bonds is 7. The summed E-state index contributed by atoms with van der Waals surface area (Å²) >= 11 is 0. The number of para-hydroxylation sites is 1. The summed E-state index contributed by atoms with van der Waals surface area (Å²) in [5.41, 5.74) is 3.60. The summed E-state index contributed by atoms with van der Waals surface area (Å²) in [6, 6.07) is 18.5. The summed E-state index contributed by atoms with van der Waals surface area (Å²) in [5, 5.41) is 7.04. The third kappa shape index (κ3) is 4.67. The van der Waals surface area contributed by atoms with E-state index in [2.05, 4.69) is 15.6 Å². The van der Waals surface area contributed by atoms with E-state index in [4.69, 9.17) is 19.1 Å². The highest BCUT2D eigenvalue weighted by molar-refractivity contribution is 6.02. The van der Waals surface area contributed by atoms with Crippen LogP contribution in [0.1, 0.15) is 21.7 Å². The molecule has 0 aliphatic heterocycles. The second-order valence-corrected chi connectivity index (χ2v) is 7.90. The summed E-state index contributed by atoms with van der Waals surface area (Å²) in [7, 11) is 1.61. The minimum absolute atomic E-state index is 0.229. The minimum atomic E-state index is -0.229. The first-order chi connectivity index (χ1) is 17.1. The molecule has 0 spiro atoms. The Morgan fingerprint density at radius 3 is 2.71 bits per heavy atom. The van der Waals surface area contributed by atoms with E-state index in [1.807, 2.05) is 61.5 Å². The Balaban J connectivity index is 1.52. The SMILES string of the molecule is COc1ccc2nc(-c3cccnc3)nc(Nc3ccccc3C(=O)NCc3occc3C)c2c1. The lowest BCUT2D eigenvalue weighted by Gasteiger charge is -2.15. The monoisotopic (exact) mass is 465 g/mol. The number of hydrogen-bond donors (Lipinski definition) is 2. The van der Waals surface area contributed by atoms with Gasteiger partial charge in [0.2, 0.25) is 0 Å². The summed E-state index contributed by atoms with van der Waals surface area (Å²) in [5.74, 6) is 2.24. The second-order valence-electron chi connectivity index (χ2n) is 7.90. The van der Waals surface area contributed by atoms with Gasteiger partial charge in [0, 0.05) is 23.3 Å². The molecule has 0 aliphatic carbocycles. The van der Waals surface area contributed by atoms with Crippen LogP contribution in [-0.4, -0.2) is 28.0 Å². The molecule has 0 radical (unpaired) electrons. The third-order valence-corrected chi connectivity index (χ3v) is 5.63. The number of nitrogens with zero attached hydrogens (tertiary/aromatic N) is 3. The molecule has 5 aromatic rings. The van der Waals surface area contributed by atoms with Crippen LogP contribution in [0.15, 0.2) is 83.7 Å². The normalized spacial score (nSPS) is 10.8. The van der Waals surface area contributed by atoms with Gasteiger partial charge in [0.05, 0.1) is 36.7 Å². The maximum atomic E-state index is 13.1. The fraction of sp³-hybridized carbons (Fsp3) is 0.111. The first kappa shape index (κ1) is 22.1.